The summed E-state index contributed by atoms with van der Waals surface area (Å²) in [7, 11) is 8.74. The molecule has 0 unspecified atom stereocenters. The maximum Gasteiger partial charge on any atom is -0.0134 e. The molecular formula is C74H87BrCl2N6P2PdSn. The Hall–Kier alpha value is -4.84. The smallest absolute Gasteiger partial charge is 0.0134 e. The van der Waals surface area contributed by atoms with Crippen molar-refractivity contribution in [1.82, 2.24) is 29.9 Å². The van der Waals surface area contributed by atoms with Crippen LogP contribution in [0.25, 0.3) is 11.3 Å². The molecule has 0 fully saturated rings. The SMILES string of the molecule is CC(C)(C)c1ncc(-c2ccccn2)cn1.CC(C)(C)c1ncc(Br)cn1.CCC[CH2][Sn]([CH2]CCC)([CH2]CCC)[c]1ccccn1.[Cl][Pd][Cl].c1ccc(P(c2ccccc2)c2ccccc2)cc1.c1ccc(P(c2ccccc2)c2ccccc2)cc1. The second-order valence-corrected chi connectivity index (χ2v) is 43.5. The van der Waals surface area contributed by atoms with Crippen LogP contribution in [0.15, 0.2) is 260 Å². The number of rotatable bonds is 17. The standard InChI is InChI=1S/2C18H15P.C13H15N3.C8H11BrN2.C5H4N.3C4H9.2ClH.Pd.Sn/c2*1-4-10-16(11-5-1)19(17-12-6-2-7-13-17)18-14-8-3-9-15-18;1-13(2,3)12-15-8-10(9-16-12)11-6-4-5-7-14-11;1-8(2,3)7-10-4-6(9)5-11-7;1-2-4-6-5-3-1;3*1-3-4-2;;;;/h2*1-15H;4-9H,1-3H3;4-5H,1-3H3;1-4H;3*1,3-4H2,2H3;2*1H;;/q;;;;;;;;;;+2;/p-2. The van der Waals surface area contributed by atoms with Gasteiger partial charge in [0.05, 0.1) is 10.2 Å². The van der Waals surface area contributed by atoms with Crippen molar-refractivity contribution in [3.8, 4) is 11.3 Å². The van der Waals surface area contributed by atoms with Crippen LogP contribution in [0.3, 0.4) is 0 Å². The van der Waals surface area contributed by atoms with E-state index >= 15 is 0 Å². The number of pyridine rings is 2. The molecule has 0 saturated carbocycles. The van der Waals surface area contributed by atoms with Gasteiger partial charge in [0.15, 0.2) is 0 Å². The third-order valence-corrected chi connectivity index (χ3v) is 34.4. The number of hydrogen-bond acceptors (Lipinski definition) is 6. The Labute approximate surface area is 553 Å². The number of halogens is 3. The van der Waals surface area contributed by atoms with Gasteiger partial charge in [0.2, 0.25) is 0 Å². The number of hydrogen-bond donors (Lipinski definition) is 0. The summed E-state index contributed by atoms with van der Waals surface area (Å²) < 4.78 is 7.02. The molecule has 87 heavy (non-hydrogen) atoms. The average molecular weight is 1500 g/mol. The summed E-state index contributed by atoms with van der Waals surface area (Å²) in [6.45, 7) is 19.6. The van der Waals surface area contributed by atoms with Gasteiger partial charge in [-0.15, -0.1) is 0 Å². The maximum absolute atomic E-state index is 4.81. The first-order chi connectivity index (χ1) is 42.2. The first-order valence-corrected chi connectivity index (χ1v) is 45.0. The summed E-state index contributed by atoms with van der Waals surface area (Å²) in [4.78, 5) is 26.2. The van der Waals surface area contributed by atoms with Gasteiger partial charge < -0.3 is 0 Å². The Balaban J connectivity index is 0.000000198. The van der Waals surface area contributed by atoms with E-state index in [9.17, 15) is 0 Å². The summed E-state index contributed by atoms with van der Waals surface area (Å²) >= 11 is 0.975. The average Bonchev–Trinajstić information content (AvgIpc) is 3.20. The summed E-state index contributed by atoms with van der Waals surface area (Å²) in [6.07, 6.45) is 19.3. The van der Waals surface area contributed by atoms with Gasteiger partial charge in [0, 0.05) is 47.4 Å². The Morgan fingerprint density at radius 3 is 0.908 bits per heavy atom. The van der Waals surface area contributed by atoms with Crippen LogP contribution in [0.2, 0.25) is 13.3 Å². The summed E-state index contributed by atoms with van der Waals surface area (Å²) in [5.41, 5.74) is 1.89. The van der Waals surface area contributed by atoms with Crippen molar-refractivity contribution in [3.05, 3.63) is 272 Å². The molecule has 0 aliphatic rings. The normalized spacial score (nSPS) is 11.0. The molecule has 10 rings (SSSR count). The monoisotopic (exact) mass is 1500 g/mol. The number of unbranched alkanes of at least 4 members (excludes halogenated alkanes) is 3. The van der Waals surface area contributed by atoms with E-state index in [1.165, 1.54) is 83.7 Å². The van der Waals surface area contributed by atoms with Crippen LogP contribution in [0.4, 0.5) is 0 Å². The molecule has 13 heteroatoms. The predicted molar refractivity (Wildman–Crippen MR) is 383 cm³/mol. The zero-order valence-corrected chi connectivity index (χ0v) is 61.4. The molecule has 6 nitrogen and oxygen atoms in total. The van der Waals surface area contributed by atoms with Crippen LogP contribution >= 0.6 is 50.8 Å². The quantitative estimate of drug-likeness (QED) is 0.0668. The van der Waals surface area contributed by atoms with Gasteiger partial charge >= 0.3 is 159 Å². The van der Waals surface area contributed by atoms with E-state index in [4.69, 9.17) is 24.0 Å². The minimum Gasteiger partial charge on any atom is -0.0622 e. The number of benzene rings is 6. The second-order valence-electron chi connectivity index (χ2n) is 22.8. The third kappa shape index (κ3) is 25.9. The molecule has 0 atom stereocenters. The van der Waals surface area contributed by atoms with Crippen molar-refractivity contribution in [2.75, 3.05) is 0 Å². The minimum absolute atomic E-state index is 0.0113. The first kappa shape index (κ1) is 72.9. The van der Waals surface area contributed by atoms with Crippen LogP contribution in [0.5, 0.6) is 0 Å². The molecule has 0 saturated heterocycles. The number of nitrogens with zero attached hydrogens (tertiary/aromatic N) is 6. The van der Waals surface area contributed by atoms with Crippen molar-refractivity contribution < 1.29 is 15.9 Å². The summed E-state index contributed by atoms with van der Waals surface area (Å²) in [5, 5.41) is 8.39. The van der Waals surface area contributed by atoms with Gasteiger partial charge in [-0.25, -0.2) is 19.9 Å². The molecule has 0 aliphatic carbocycles. The maximum atomic E-state index is 4.81. The zero-order chi connectivity index (χ0) is 62.6. The van der Waals surface area contributed by atoms with Crippen molar-refractivity contribution in [2.24, 2.45) is 0 Å². The number of aromatic nitrogens is 6. The molecule has 458 valence electrons. The minimum atomic E-state index is -2.21. The van der Waals surface area contributed by atoms with Crippen LogP contribution in [-0.2, 0) is 26.8 Å². The second kappa shape index (κ2) is 40.7. The molecule has 0 radical (unpaired) electrons. The Morgan fingerprint density at radius 2 is 0.655 bits per heavy atom. The molecule has 6 aromatic carbocycles. The fourth-order valence-electron chi connectivity index (χ4n) is 9.42. The molecule has 10 aromatic rings. The van der Waals surface area contributed by atoms with Gasteiger partial charge in [0.25, 0.3) is 0 Å². The van der Waals surface area contributed by atoms with Crippen LogP contribution in [0.1, 0.15) is 112 Å². The van der Waals surface area contributed by atoms with Crippen LogP contribution in [-0.4, -0.2) is 48.3 Å². The van der Waals surface area contributed by atoms with Crippen molar-refractivity contribution >= 4 is 105 Å². The van der Waals surface area contributed by atoms with E-state index in [0.717, 1.165) is 27.4 Å². The third-order valence-electron chi connectivity index (χ3n) is 13.9. The van der Waals surface area contributed by atoms with E-state index in [0.29, 0.717) is 0 Å². The molecule has 0 N–H and O–H groups in total. The Kier molecular flexibility index (Phi) is 34.1. The summed E-state index contributed by atoms with van der Waals surface area (Å²) in [5.74, 6) is 1.73. The van der Waals surface area contributed by atoms with Gasteiger partial charge in [-0.1, -0.05) is 230 Å². The van der Waals surface area contributed by atoms with E-state index in [-0.39, 0.29) is 26.8 Å². The first-order valence-electron chi connectivity index (χ1n) is 30.0. The summed E-state index contributed by atoms with van der Waals surface area (Å²) in [6, 6.07) is 77.1. The predicted octanol–water partition coefficient (Wildman–Crippen LogP) is 18.8. The van der Waals surface area contributed by atoms with Crippen LogP contribution in [0, 0.1) is 0 Å². The van der Waals surface area contributed by atoms with Gasteiger partial charge in [0.1, 0.15) is 11.6 Å². The molecule has 4 aromatic heterocycles. The largest absolute Gasteiger partial charge is 0.0622 e. The molecule has 0 spiro atoms. The van der Waals surface area contributed by atoms with E-state index in [2.05, 4.69) is 303 Å². The van der Waals surface area contributed by atoms with E-state index in [1.54, 1.807) is 22.3 Å². The zero-order valence-electron chi connectivity index (χ0n) is 52.1. The molecule has 0 aliphatic heterocycles. The van der Waals surface area contributed by atoms with E-state index < -0.39 is 34.2 Å². The fraction of sp³-hybridized carbons (Fsp3) is 0.270. The van der Waals surface area contributed by atoms with Gasteiger partial charge in [-0.05, 0) is 75.7 Å². The topological polar surface area (TPSA) is 77.3 Å². The van der Waals surface area contributed by atoms with Crippen LogP contribution < -0.4 is 35.5 Å². The molecule has 0 bridgehead atoms. The van der Waals surface area contributed by atoms with Gasteiger partial charge in [-0.3, -0.25) is 4.98 Å². The van der Waals surface area contributed by atoms with Crippen molar-refractivity contribution in [1.29, 1.82) is 0 Å². The fourth-order valence-corrected chi connectivity index (χ4v) is 29.7. The Morgan fingerprint density at radius 1 is 0.379 bits per heavy atom. The molecule has 0 amide bonds. The molecular weight excluding hydrogens is 1410 g/mol. The van der Waals surface area contributed by atoms with Crippen molar-refractivity contribution in [2.45, 2.75) is 125 Å². The van der Waals surface area contributed by atoms with E-state index in [1.807, 2.05) is 36.8 Å². The molecule has 4 heterocycles. The van der Waals surface area contributed by atoms with Crippen molar-refractivity contribution in [3.63, 3.8) is 0 Å². The van der Waals surface area contributed by atoms with Gasteiger partial charge in [-0.2, -0.15) is 0 Å². The Bertz CT molecular complexity index is 3000.